The third-order valence-corrected chi connectivity index (χ3v) is 4.79. The molecule has 5 nitrogen and oxygen atoms in total. The Morgan fingerprint density at radius 1 is 1.32 bits per heavy atom. The number of carbonyl (C=O) groups is 2. The smallest absolute Gasteiger partial charge is 0.341 e. The van der Waals surface area contributed by atoms with Gasteiger partial charge in [0.05, 0.1) is 6.04 Å². The van der Waals surface area contributed by atoms with E-state index in [1.165, 1.54) is 12.8 Å². The quantitative estimate of drug-likeness (QED) is 0.846. The highest BCUT2D eigenvalue weighted by Gasteiger charge is 2.54. The van der Waals surface area contributed by atoms with Crippen molar-refractivity contribution < 1.29 is 19.4 Å². The first-order chi connectivity index (χ1) is 10.5. The lowest BCUT2D eigenvalue weighted by atomic mass is 9.71. The molecule has 0 saturated heterocycles. The molecule has 0 radical (unpaired) electrons. The third-order valence-electron chi connectivity index (χ3n) is 4.79. The van der Waals surface area contributed by atoms with Gasteiger partial charge < -0.3 is 15.2 Å². The van der Waals surface area contributed by atoms with Gasteiger partial charge in [-0.05, 0) is 55.7 Å². The maximum absolute atomic E-state index is 12.2. The molecule has 1 aromatic rings. The predicted octanol–water partition coefficient (Wildman–Crippen LogP) is 2.52. The molecule has 0 heterocycles. The lowest BCUT2D eigenvalue weighted by Crippen LogP contribution is -2.40. The molecule has 2 aliphatic carbocycles. The summed E-state index contributed by atoms with van der Waals surface area (Å²) in [5.41, 5.74) is 1.52. The van der Waals surface area contributed by atoms with Gasteiger partial charge >= 0.3 is 5.97 Å². The highest BCUT2D eigenvalue weighted by Crippen LogP contribution is 2.63. The van der Waals surface area contributed by atoms with Gasteiger partial charge in [0, 0.05) is 5.92 Å². The topological polar surface area (TPSA) is 75.6 Å². The van der Waals surface area contributed by atoms with E-state index >= 15 is 0 Å². The molecule has 0 bridgehead atoms. The molecule has 5 heteroatoms. The molecule has 0 aromatic heterocycles. The highest BCUT2D eigenvalue weighted by molar-refractivity contribution is 5.80. The zero-order valence-electron chi connectivity index (χ0n) is 12.7. The fourth-order valence-corrected chi connectivity index (χ4v) is 3.17. The molecule has 1 atom stereocenters. The Morgan fingerprint density at radius 2 is 1.95 bits per heavy atom. The van der Waals surface area contributed by atoms with Crippen LogP contribution >= 0.6 is 0 Å². The Kier molecular flexibility index (Phi) is 3.81. The number of amides is 1. The summed E-state index contributed by atoms with van der Waals surface area (Å²) in [7, 11) is 0. The number of ether oxygens (including phenoxy) is 1. The molecular formula is C17H21NO4. The van der Waals surface area contributed by atoms with Crippen molar-refractivity contribution in [2.45, 2.75) is 38.6 Å². The number of carboxylic acid groups (broad SMARTS) is 1. The van der Waals surface area contributed by atoms with Crippen molar-refractivity contribution in [3.8, 4) is 5.75 Å². The van der Waals surface area contributed by atoms with Gasteiger partial charge in [-0.25, -0.2) is 4.79 Å². The van der Waals surface area contributed by atoms with Gasteiger partial charge in [0.15, 0.2) is 6.61 Å². The van der Waals surface area contributed by atoms with Crippen molar-refractivity contribution in [2.75, 3.05) is 6.61 Å². The Hall–Kier alpha value is -2.04. The van der Waals surface area contributed by atoms with E-state index in [4.69, 9.17) is 9.84 Å². The maximum atomic E-state index is 12.2. The molecule has 2 N–H and O–H groups in total. The van der Waals surface area contributed by atoms with Gasteiger partial charge in [0.25, 0.3) is 0 Å². The molecule has 3 rings (SSSR count). The average Bonchev–Trinajstić information content (AvgIpc) is 3.24. The normalized spacial score (nSPS) is 20.0. The zero-order chi connectivity index (χ0) is 15.7. The summed E-state index contributed by atoms with van der Waals surface area (Å²) < 4.78 is 5.09. The number of benzene rings is 1. The predicted molar refractivity (Wildman–Crippen MR) is 80.5 cm³/mol. The van der Waals surface area contributed by atoms with Crippen LogP contribution in [0.25, 0.3) is 0 Å². The Labute approximate surface area is 129 Å². The maximum Gasteiger partial charge on any atom is 0.341 e. The SMILES string of the molecule is CC(NC(=O)C1CC2(CC2)C1)c1ccc(OCC(=O)O)cc1. The van der Waals surface area contributed by atoms with Crippen LogP contribution in [0.2, 0.25) is 0 Å². The second-order valence-corrected chi connectivity index (χ2v) is 6.59. The first-order valence-corrected chi connectivity index (χ1v) is 7.72. The monoisotopic (exact) mass is 303 g/mol. The molecule has 2 aliphatic rings. The van der Waals surface area contributed by atoms with E-state index in [0.29, 0.717) is 11.2 Å². The summed E-state index contributed by atoms with van der Waals surface area (Å²) >= 11 is 0. The van der Waals surface area contributed by atoms with Crippen molar-refractivity contribution in [1.82, 2.24) is 5.32 Å². The molecule has 1 amide bonds. The van der Waals surface area contributed by atoms with Crippen molar-refractivity contribution in [1.29, 1.82) is 0 Å². The molecule has 2 saturated carbocycles. The van der Waals surface area contributed by atoms with Crippen molar-refractivity contribution in [3.05, 3.63) is 29.8 Å². The highest BCUT2D eigenvalue weighted by atomic mass is 16.5. The van der Waals surface area contributed by atoms with E-state index in [1.54, 1.807) is 12.1 Å². The first kappa shape index (κ1) is 14.9. The number of hydrogen-bond acceptors (Lipinski definition) is 3. The summed E-state index contributed by atoms with van der Waals surface area (Å²) in [6.07, 6.45) is 4.69. The van der Waals surface area contributed by atoms with Crippen LogP contribution in [-0.2, 0) is 9.59 Å². The molecule has 1 aromatic carbocycles. The number of aliphatic carboxylic acids is 1. The summed E-state index contributed by atoms with van der Waals surface area (Å²) in [5.74, 6) is -0.155. The minimum Gasteiger partial charge on any atom is -0.482 e. The molecule has 0 aliphatic heterocycles. The van der Waals surface area contributed by atoms with E-state index in [0.717, 1.165) is 18.4 Å². The molecule has 1 unspecified atom stereocenters. The van der Waals surface area contributed by atoms with Gasteiger partial charge in [0.1, 0.15) is 5.75 Å². The number of rotatable bonds is 6. The number of hydrogen-bond donors (Lipinski definition) is 2. The molecule has 118 valence electrons. The van der Waals surface area contributed by atoms with Gasteiger partial charge in [0.2, 0.25) is 5.91 Å². The first-order valence-electron chi connectivity index (χ1n) is 7.72. The van der Waals surface area contributed by atoms with Gasteiger partial charge in [-0.2, -0.15) is 0 Å². The van der Waals surface area contributed by atoms with E-state index in [-0.39, 0.29) is 24.5 Å². The Morgan fingerprint density at radius 3 is 2.50 bits per heavy atom. The third kappa shape index (κ3) is 3.24. The van der Waals surface area contributed by atoms with Crippen LogP contribution in [0.15, 0.2) is 24.3 Å². The van der Waals surface area contributed by atoms with Crippen LogP contribution < -0.4 is 10.1 Å². The number of carboxylic acids is 1. The van der Waals surface area contributed by atoms with Gasteiger partial charge in [-0.3, -0.25) is 4.79 Å². The lowest BCUT2D eigenvalue weighted by Gasteiger charge is -2.35. The van der Waals surface area contributed by atoms with Gasteiger partial charge in [-0.15, -0.1) is 0 Å². The Bertz CT molecular complexity index is 569. The van der Waals surface area contributed by atoms with Crippen LogP contribution in [0.5, 0.6) is 5.75 Å². The molecule has 22 heavy (non-hydrogen) atoms. The van der Waals surface area contributed by atoms with Crippen molar-refractivity contribution >= 4 is 11.9 Å². The molecular weight excluding hydrogens is 282 g/mol. The van der Waals surface area contributed by atoms with Gasteiger partial charge in [-0.1, -0.05) is 12.1 Å². The van der Waals surface area contributed by atoms with Crippen LogP contribution in [0.3, 0.4) is 0 Å². The standard InChI is InChI=1S/C17H21NO4/c1-11(18-16(21)13-8-17(9-13)6-7-17)12-2-4-14(5-3-12)22-10-15(19)20/h2-5,11,13H,6-10H2,1H3,(H,18,21)(H,19,20). The number of carbonyl (C=O) groups excluding carboxylic acids is 1. The molecule has 2 fully saturated rings. The fourth-order valence-electron chi connectivity index (χ4n) is 3.17. The second-order valence-electron chi connectivity index (χ2n) is 6.59. The summed E-state index contributed by atoms with van der Waals surface area (Å²) in [6, 6.07) is 7.10. The molecule has 1 spiro atoms. The van der Waals surface area contributed by atoms with E-state index in [2.05, 4.69) is 5.32 Å². The summed E-state index contributed by atoms with van der Waals surface area (Å²) in [6.45, 7) is 1.60. The minimum atomic E-state index is -1.00. The van der Waals surface area contributed by atoms with E-state index in [1.807, 2.05) is 19.1 Å². The summed E-state index contributed by atoms with van der Waals surface area (Å²) in [5, 5.41) is 11.6. The van der Waals surface area contributed by atoms with Crippen LogP contribution in [0.1, 0.15) is 44.2 Å². The van der Waals surface area contributed by atoms with Crippen LogP contribution in [0, 0.1) is 11.3 Å². The zero-order valence-corrected chi connectivity index (χ0v) is 12.7. The second kappa shape index (κ2) is 5.63. The largest absolute Gasteiger partial charge is 0.482 e. The fraction of sp³-hybridized carbons (Fsp3) is 0.529. The van der Waals surface area contributed by atoms with Crippen LogP contribution in [-0.4, -0.2) is 23.6 Å². The van der Waals surface area contributed by atoms with E-state index < -0.39 is 5.97 Å². The van der Waals surface area contributed by atoms with Crippen LogP contribution in [0.4, 0.5) is 0 Å². The Balaban J connectivity index is 1.49. The van der Waals surface area contributed by atoms with Crippen molar-refractivity contribution in [2.24, 2.45) is 11.3 Å². The van der Waals surface area contributed by atoms with E-state index in [9.17, 15) is 9.59 Å². The van der Waals surface area contributed by atoms with Crippen molar-refractivity contribution in [3.63, 3.8) is 0 Å². The number of nitrogens with one attached hydrogen (secondary N) is 1. The summed E-state index contributed by atoms with van der Waals surface area (Å²) in [4.78, 5) is 22.6. The lowest BCUT2D eigenvalue weighted by molar-refractivity contribution is -0.139. The average molecular weight is 303 g/mol. The minimum absolute atomic E-state index is 0.0585.